The first-order valence-electron chi connectivity index (χ1n) is 9.15. The van der Waals surface area contributed by atoms with E-state index in [1.807, 2.05) is 24.3 Å². The number of hydrogen-bond acceptors (Lipinski definition) is 5. The van der Waals surface area contributed by atoms with E-state index in [9.17, 15) is 14.4 Å². The molecule has 1 N–H and O–H groups in total. The molecule has 1 saturated heterocycles. The largest absolute Gasteiger partial charge is 0.326 e. The van der Waals surface area contributed by atoms with Gasteiger partial charge >= 0.3 is 6.03 Å². The van der Waals surface area contributed by atoms with Gasteiger partial charge in [-0.2, -0.15) is 4.68 Å². The maximum atomic E-state index is 13.3. The molecule has 1 aliphatic heterocycles. The van der Waals surface area contributed by atoms with E-state index in [4.69, 9.17) is 0 Å². The molecule has 0 radical (unpaired) electrons. The van der Waals surface area contributed by atoms with Crippen LogP contribution >= 0.6 is 0 Å². The Kier molecular flexibility index (Phi) is 3.55. The Hall–Kier alpha value is -3.55. The predicted molar refractivity (Wildman–Crippen MR) is 100 cm³/mol. The maximum absolute atomic E-state index is 13.3. The molecule has 0 bridgehead atoms. The van der Waals surface area contributed by atoms with Crippen LogP contribution in [0.15, 0.2) is 53.3 Å². The summed E-state index contributed by atoms with van der Waals surface area (Å²) in [6, 6.07) is 14.0. The van der Waals surface area contributed by atoms with Gasteiger partial charge in [0.05, 0.1) is 5.39 Å². The Labute approximate surface area is 159 Å². The third kappa shape index (κ3) is 2.27. The summed E-state index contributed by atoms with van der Waals surface area (Å²) in [7, 11) is 0. The molecule has 3 aromatic rings. The molecule has 2 heterocycles. The number of rotatable bonds is 2. The first kappa shape index (κ1) is 16.6. The lowest BCUT2D eigenvalue weighted by atomic mass is 9.76. The summed E-state index contributed by atoms with van der Waals surface area (Å²) >= 11 is 0. The van der Waals surface area contributed by atoms with Gasteiger partial charge < -0.3 is 5.32 Å². The van der Waals surface area contributed by atoms with Gasteiger partial charge in [-0.05, 0) is 42.5 Å². The Morgan fingerprint density at radius 1 is 1.04 bits per heavy atom. The van der Waals surface area contributed by atoms with Crippen LogP contribution in [0, 0.1) is 0 Å². The Morgan fingerprint density at radius 2 is 1.82 bits per heavy atom. The van der Waals surface area contributed by atoms with E-state index in [-0.39, 0.29) is 12.6 Å². The second-order valence-electron chi connectivity index (χ2n) is 7.13. The number of carbonyl (C=O) groups excluding carboxylic acids is 2. The van der Waals surface area contributed by atoms with Gasteiger partial charge in [0.2, 0.25) is 0 Å². The van der Waals surface area contributed by atoms with E-state index in [0.29, 0.717) is 17.3 Å². The minimum absolute atomic E-state index is 0.273. The average Bonchev–Trinajstić information content (AvgIpc) is 2.95. The SMILES string of the molecule is O=C1NC2(CCCc3ccccc32)C(=O)N1Cn1nnc2ccccc2c1=O. The van der Waals surface area contributed by atoms with E-state index in [1.54, 1.807) is 24.3 Å². The molecule has 8 nitrogen and oxygen atoms in total. The van der Waals surface area contributed by atoms with Gasteiger partial charge in [-0.25, -0.2) is 9.69 Å². The van der Waals surface area contributed by atoms with Crippen LogP contribution in [0.5, 0.6) is 0 Å². The molecule has 140 valence electrons. The monoisotopic (exact) mass is 375 g/mol. The summed E-state index contributed by atoms with van der Waals surface area (Å²) in [6.45, 7) is -0.273. The van der Waals surface area contributed by atoms with Crippen LogP contribution in [0.25, 0.3) is 10.9 Å². The summed E-state index contributed by atoms with van der Waals surface area (Å²) in [5, 5.41) is 11.2. The lowest BCUT2D eigenvalue weighted by molar-refractivity contribution is -0.133. The Bertz CT molecular complexity index is 1190. The minimum atomic E-state index is -1.07. The molecule has 1 unspecified atom stereocenters. The lowest BCUT2D eigenvalue weighted by Gasteiger charge is -2.33. The average molecular weight is 375 g/mol. The van der Waals surface area contributed by atoms with Crippen molar-refractivity contribution in [2.75, 3.05) is 0 Å². The van der Waals surface area contributed by atoms with Crippen molar-refractivity contribution < 1.29 is 9.59 Å². The van der Waals surface area contributed by atoms with Gasteiger partial charge in [-0.1, -0.05) is 41.6 Å². The number of aromatic nitrogens is 3. The number of aryl methyl sites for hydroxylation is 1. The normalized spacial score (nSPS) is 21.2. The van der Waals surface area contributed by atoms with Gasteiger partial charge in [0.1, 0.15) is 17.7 Å². The van der Waals surface area contributed by atoms with Crippen LogP contribution in [-0.4, -0.2) is 31.8 Å². The van der Waals surface area contributed by atoms with E-state index in [0.717, 1.165) is 33.6 Å². The molecule has 3 amide bonds. The van der Waals surface area contributed by atoms with Gasteiger partial charge in [-0.3, -0.25) is 9.59 Å². The van der Waals surface area contributed by atoms with Crippen LogP contribution in [0.1, 0.15) is 24.0 Å². The minimum Gasteiger partial charge on any atom is -0.319 e. The molecule has 1 aromatic heterocycles. The smallest absolute Gasteiger partial charge is 0.319 e. The number of amides is 3. The lowest BCUT2D eigenvalue weighted by Crippen LogP contribution is -2.46. The Morgan fingerprint density at radius 3 is 2.71 bits per heavy atom. The van der Waals surface area contributed by atoms with Crippen molar-refractivity contribution in [3.63, 3.8) is 0 Å². The zero-order valence-corrected chi connectivity index (χ0v) is 15.0. The van der Waals surface area contributed by atoms with Gasteiger partial charge in [0, 0.05) is 0 Å². The highest BCUT2D eigenvalue weighted by Gasteiger charge is 2.54. The van der Waals surface area contributed by atoms with E-state index < -0.39 is 17.1 Å². The molecule has 1 aliphatic carbocycles. The standard InChI is InChI=1S/C20H17N5O3/c26-17-14-8-2-4-10-16(14)22-23-25(17)12-24-18(27)20(21-19(24)28)11-5-7-13-6-1-3-9-15(13)20/h1-4,6,8-10H,5,7,11-12H2,(H,21,28). The van der Waals surface area contributed by atoms with Crippen molar-refractivity contribution in [2.24, 2.45) is 0 Å². The van der Waals surface area contributed by atoms with Crippen LogP contribution in [0.4, 0.5) is 4.79 Å². The molecular formula is C20H17N5O3. The number of benzene rings is 2. The van der Waals surface area contributed by atoms with E-state index in [2.05, 4.69) is 15.6 Å². The predicted octanol–water partition coefficient (Wildman–Crippen LogP) is 1.53. The summed E-state index contributed by atoms with van der Waals surface area (Å²) in [4.78, 5) is 39.7. The summed E-state index contributed by atoms with van der Waals surface area (Å²) in [5.74, 6) is -0.355. The summed E-state index contributed by atoms with van der Waals surface area (Å²) < 4.78 is 1.05. The summed E-state index contributed by atoms with van der Waals surface area (Å²) in [6.07, 6.45) is 2.20. The third-order valence-corrected chi connectivity index (χ3v) is 5.56. The zero-order chi connectivity index (χ0) is 19.3. The van der Waals surface area contributed by atoms with Gasteiger partial charge in [0.25, 0.3) is 11.5 Å². The Balaban J connectivity index is 1.54. The fourth-order valence-corrected chi connectivity index (χ4v) is 4.19. The number of carbonyl (C=O) groups is 2. The number of imide groups is 1. The van der Waals surface area contributed by atoms with Crippen LogP contribution in [0.3, 0.4) is 0 Å². The fraction of sp³-hybridized carbons (Fsp3) is 0.250. The highest BCUT2D eigenvalue weighted by molar-refractivity contribution is 6.07. The van der Waals surface area contributed by atoms with Crippen LogP contribution in [-0.2, 0) is 23.4 Å². The number of nitrogens with one attached hydrogen (secondary N) is 1. The second kappa shape index (κ2) is 5.98. The molecule has 2 aliphatic rings. The second-order valence-corrected chi connectivity index (χ2v) is 7.13. The summed E-state index contributed by atoms with van der Waals surface area (Å²) in [5.41, 5.74) is 0.903. The number of hydrogen-bond donors (Lipinski definition) is 1. The number of nitrogens with zero attached hydrogens (tertiary/aromatic N) is 4. The van der Waals surface area contributed by atoms with E-state index in [1.165, 1.54) is 0 Å². The van der Waals surface area contributed by atoms with Crippen molar-refractivity contribution >= 4 is 22.8 Å². The molecule has 1 spiro atoms. The first-order chi connectivity index (χ1) is 13.6. The van der Waals surface area contributed by atoms with E-state index >= 15 is 0 Å². The molecular weight excluding hydrogens is 358 g/mol. The third-order valence-electron chi connectivity index (χ3n) is 5.56. The number of fused-ring (bicyclic) bond motifs is 3. The number of urea groups is 1. The van der Waals surface area contributed by atoms with Crippen LogP contribution < -0.4 is 10.9 Å². The van der Waals surface area contributed by atoms with Crippen molar-refractivity contribution in [3.8, 4) is 0 Å². The van der Waals surface area contributed by atoms with Gasteiger partial charge in [-0.15, -0.1) is 5.10 Å². The molecule has 1 atom stereocenters. The van der Waals surface area contributed by atoms with Crippen molar-refractivity contribution in [1.82, 2.24) is 25.2 Å². The van der Waals surface area contributed by atoms with Gasteiger partial charge in [0.15, 0.2) is 0 Å². The molecule has 8 heteroatoms. The van der Waals surface area contributed by atoms with Crippen molar-refractivity contribution in [3.05, 3.63) is 70.0 Å². The fourth-order valence-electron chi connectivity index (χ4n) is 4.19. The highest BCUT2D eigenvalue weighted by Crippen LogP contribution is 2.39. The topological polar surface area (TPSA) is 97.2 Å². The molecule has 0 saturated carbocycles. The maximum Gasteiger partial charge on any atom is 0.326 e. The highest BCUT2D eigenvalue weighted by atomic mass is 16.2. The van der Waals surface area contributed by atoms with Crippen molar-refractivity contribution in [1.29, 1.82) is 0 Å². The molecule has 5 rings (SSSR count). The van der Waals surface area contributed by atoms with Crippen molar-refractivity contribution in [2.45, 2.75) is 31.5 Å². The quantitative estimate of drug-likeness (QED) is 0.685. The van der Waals surface area contributed by atoms with Crippen LogP contribution in [0.2, 0.25) is 0 Å². The first-order valence-corrected chi connectivity index (χ1v) is 9.15. The zero-order valence-electron chi connectivity index (χ0n) is 15.0. The molecule has 2 aromatic carbocycles. The molecule has 28 heavy (non-hydrogen) atoms. The molecule has 1 fully saturated rings.